The van der Waals surface area contributed by atoms with E-state index in [1.807, 2.05) is 19.9 Å². The number of nitrogens with one attached hydrogen (secondary N) is 2. The quantitative estimate of drug-likeness (QED) is 0.110. The van der Waals surface area contributed by atoms with Gasteiger partial charge in [0, 0.05) is 25.6 Å². The fourth-order valence-electron chi connectivity index (χ4n) is 6.37. The summed E-state index contributed by atoms with van der Waals surface area (Å²) in [6.07, 6.45) is 0.883. The number of esters is 2. The second kappa shape index (κ2) is 16.8. The Morgan fingerprint density at radius 1 is 1.12 bits per heavy atom. The molecule has 2 heterocycles. The Kier molecular flexibility index (Phi) is 12.5. The number of halogens is 2. The van der Waals surface area contributed by atoms with Gasteiger partial charge < -0.3 is 19.1 Å². The lowest BCUT2D eigenvalue weighted by Gasteiger charge is -2.37. The summed E-state index contributed by atoms with van der Waals surface area (Å²) in [5.74, 6) is -0.653. The first-order chi connectivity index (χ1) is 24.8. The molecule has 1 aliphatic carbocycles. The van der Waals surface area contributed by atoms with E-state index in [2.05, 4.69) is 27.2 Å². The van der Waals surface area contributed by atoms with Gasteiger partial charge in [0.05, 0.1) is 27.7 Å². The van der Waals surface area contributed by atoms with Gasteiger partial charge in [-0.05, 0) is 67.3 Å². The first-order valence-corrected chi connectivity index (χ1v) is 18.3. The molecule has 3 atom stereocenters. The SMILES string of the molecule is COC(=O)CCCN(C)C(=O)Oc1c(C(=O)OC2C(C)CC(C)CC2C)c(C#N)c2nc(-c3cccc(NOS(=O)c4ccc(Cl)c(Cl)c4)c3)[nH]n12. The number of methoxy groups -OCH3 is 1. The van der Waals surface area contributed by atoms with Crippen LogP contribution < -0.4 is 10.2 Å². The maximum atomic E-state index is 13.9. The molecule has 14 nitrogen and oxygen atoms in total. The van der Waals surface area contributed by atoms with Crippen LogP contribution >= 0.6 is 23.2 Å². The number of ether oxygens (including phenoxy) is 3. The van der Waals surface area contributed by atoms with Crippen LogP contribution in [0.25, 0.3) is 17.0 Å². The number of nitrogens with zero attached hydrogens (tertiary/aromatic N) is 4. The van der Waals surface area contributed by atoms with Crippen molar-refractivity contribution in [1.82, 2.24) is 19.5 Å². The van der Waals surface area contributed by atoms with Crippen molar-refractivity contribution in [3.05, 3.63) is 63.6 Å². The molecule has 0 saturated heterocycles. The lowest BCUT2D eigenvalue weighted by atomic mass is 9.75. The van der Waals surface area contributed by atoms with Gasteiger partial charge >= 0.3 is 18.0 Å². The van der Waals surface area contributed by atoms with Crippen molar-refractivity contribution in [1.29, 1.82) is 5.26 Å². The zero-order valence-electron chi connectivity index (χ0n) is 29.1. The Balaban J connectivity index is 1.45. The van der Waals surface area contributed by atoms with Crippen LogP contribution in [0.4, 0.5) is 10.5 Å². The normalized spacial score (nSPS) is 19.0. The number of carbonyl (C=O) groups is 3. The predicted molar refractivity (Wildman–Crippen MR) is 193 cm³/mol. The molecule has 276 valence electrons. The highest BCUT2D eigenvalue weighted by Gasteiger charge is 2.38. The third-order valence-corrected chi connectivity index (χ3v) is 10.4. The summed E-state index contributed by atoms with van der Waals surface area (Å²) in [5.41, 5.74) is 3.18. The second-order valence-corrected chi connectivity index (χ2v) is 14.8. The van der Waals surface area contributed by atoms with Gasteiger partial charge in [0.25, 0.3) is 0 Å². The average molecular weight is 774 g/mol. The smallest absolute Gasteiger partial charge is 0.416 e. The van der Waals surface area contributed by atoms with Gasteiger partial charge in [0.15, 0.2) is 11.5 Å². The molecule has 1 aliphatic rings. The molecular formula is C35H38Cl2N6O8S. The number of H-pyrrole nitrogens is 1. The van der Waals surface area contributed by atoms with Crippen LogP contribution in [-0.2, 0) is 29.6 Å². The van der Waals surface area contributed by atoms with Crippen LogP contribution in [0.5, 0.6) is 5.88 Å². The summed E-state index contributed by atoms with van der Waals surface area (Å²) in [6.45, 7) is 6.36. The van der Waals surface area contributed by atoms with Gasteiger partial charge in [0.2, 0.25) is 17.0 Å². The third kappa shape index (κ3) is 8.70. The number of hydrogen-bond donors (Lipinski definition) is 2. The molecular weight excluding hydrogens is 735 g/mol. The number of nitriles is 1. The summed E-state index contributed by atoms with van der Waals surface area (Å²) in [4.78, 5) is 45.0. The number of aromatic nitrogens is 3. The molecule has 0 spiro atoms. The van der Waals surface area contributed by atoms with Gasteiger partial charge in [-0.25, -0.2) is 23.3 Å². The predicted octanol–water partition coefficient (Wildman–Crippen LogP) is 7.19. The maximum absolute atomic E-state index is 13.9. The molecule has 2 aromatic heterocycles. The maximum Gasteiger partial charge on any atom is 0.416 e. The largest absolute Gasteiger partial charge is 0.469 e. The van der Waals surface area contributed by atoms with Crippen molar-refractivity contribution >= 4 is 63.6 Å². The van der Waals surface area contributed by atoms with Crippen LogP contribution in [-0.4, -0.2) is 68.5 Å². The van der Waals surface area contributed by atoms with E-state index in [0.29, 0.717) is 28.6 Å². The van der Waals surface area contributed by atoms with E-state index in [4.69, 9.17) is 37.0 Å². The number of rotatable bonds is 12. The van der Waals surface area contributed by atoms with Crippen molar-refractivity contribution in [2.45, 2.75) is 57.5 Å². The number of benzene rings is 2. The average Bonchev–Trinajstić information content (AvgIpc) is 3.67. The summed E-state index contributed by atoms with van der Waals surface area (Å²) < 4.78 is 35.8. The van der Waals surface area contributed by atoms with Gasteiger partial charge in [-0.1, -0.05) is 56.1 Å². The van der Waals surface area contributed by atoms with E-state index < -0.39 is 35.2 Å². The molecule has 17 heteroatoms. The fraction of sp³-hybridized carbons (Fsp3) is 0.400. The standard InChI is InChI=1S/C35H38Cl2N6O8S/c1-19-14-20(2)30(21(3)15-19)49-34(45)29-25(18-38)32-39-31(40-43(32)33(29)50-35(46)42(4)13-7-10-28(44)48-5)22-8-6-9-23(16-22)41-51-52(47)24-11-12-26(36)27(37)17-24/h6,8-9,11-12,16-17,19-21,30,41H,7,10,13-15H2,1-5H3,(H,39,40). The van der Waals surface area contributed by atoms with E-state index >= 15 is 0 Å². The number of fused-ring (bicyclic) bond motifs is 1. The van der Waals surface area contributed by atoms with E-state index in [1.165, 1.54) is 41.8 Å². The summed E-state index contributed by atoms with van der Waals surface area (Å²) in [5, 5.41) is 13.9. The lowest BCUT2D eigenvalue weighted by molar-refractivity contribution is -0.140. The zero-order chi connectivity index (χ0) is 37.7. The molecule has 5 rings (SSSR count). The molecule has 0 bridgehead atoms. The van der Waals surface area contributed by atoms with Crippen LogP contribution in [0.15, 0.2) is 47.4 Å². The van der Waals surface area contributed by atoms with E-state index in [-0.39, 0.29) is 63.2 Å². The fourth-order valence-corrected chi connectivity index (χ4v) is 7.40. The van der Waals surface area contributed by atoms with Gasteiger partial charge in [-0.3, -0.25) is 15.4 Å². The molecule has 3 unspecified atom stereocenters. The number of aromatic amines is 1. The van der Waals surface area contributed by atoms with E-state index in [1.54, 1.807) is 24.3 Å². The van der Waals surface area contributed by atoms with Crippen molar-refractivity contribution in [2.24, 2.45) is 17.8 Å². The molecule has 0 aliphatic heterocycles. The van der Waals surface area contributed by atoms with Crippen molar-refractivity contribution < 1.29 is 37.1 Å². The van der Waals surface area contributed by atoms with Crippen molar-refractivity contribution in [3.8, 4) is 23.3 Å². The highest BCUT2D eigenvalue weighted by molar-refractivity contribution is 7.80. The Morgan fingerprint density at radius 3 is 2.52 bits per heavy atom. The van der Waals surface area contributed by atoms with Crippen molar-refractivity contribution in [2.75, 3.05) is 26.2 Å². The number of amides is 1. The molecule has 1 fully saturated rings. The molecule has 1 saturated carbocycles. The first kappa shape index (κ1) is 38.6. The summed E-state index contributed by atoms with van der Waals surface area (Å²) in [7, 11) is 2.76. The molecule has 52 heavy (non-hydrogen) atoms. The van der Waals surface area contributed by atoms with Crippen molar-refractivity contribution in [3.63, 3.8) is 0 Å². The number of anilines is 1. The second-order valence-electron chi connectivity index (χ2n) is 12.8. The van der Waals surface area contributed by atoms with Crippen LogP contribution in [0.3, 0.4) is 0 Å². The highest BCUT2D eigenvalue weighted by Crippen LogP contribution is 2.38. The summed E-state index contributed by atoms with van der Waals surface area (Å²) >= 11 is 10.1. The lowest BCUT2D eigenvalue weighted by Crippen LogP contribution is -2.37. The summed E-state index contributed by atoms with van der Waals surface area (Å²) in [6, 6.07) is 13.2. The molecule has 1 amide bonds. The number of hydrogen-bond acceptors (Lipinski definition) is 11. The molecule has 4 aromatic rings. The van der Waals surface area contributed by atoms with Gasteiger partial charge in [-0.15, -0.1) is 0 Å². The Labute approximate surface area is 312 Å². The minimum atomic E-state index is -1.94. The highest BCUT2D eigenvalue weighted by atomic mass is 35.5. The minimum absolute atomic E-state index is 0.0225. The monoisotopic (exact) mass is 772 g/mol. The number of carbonyl (C=O) groups excluding carboxylic acids is 3. The van der Waals surface area contributed by atoms with E-state index in [0.717, 1.165) is 12.8 Å². The molecule has 2 N–H and O–H groups in total. The molecule has 0 radical (unpaired) electrons. The minimum Gasteiger partial charge on any atom is -0.469 e. The third-order valence-electron chi connectivity index (χ3n) is 8.82. The van der Waals surface area contributed by atoms with Gasteiger partial charge in [-0.2, -0.15) is 9.55 Å². The van der Waals surface area contributed by atoms with Crippen LogP contribution in [0, 0.1) is 29.1 Å². The Bertz CT molecular complexity index is 2030. The van der Waals surface area contributed by atoms with Crippen LogP contribution in [0.1, 0.15) is 62.4 Å². The molecule has 2 aromatic carbocycles. The Hall–Kier alpha value is -4.62. The topological polar surface area (TPSA) is 177 Å². The zero-order valence-corrected chi connectivity index (χ0v) is 31.4. The first-order valence-electron chi connectivity index (χ1n) is 16.5. The van der Waals surface area contributed by atoms with E-state index in [9.17, 15) is 23.9 Å². The Morgan fingerprint density at radius 2 is 1.85 bits per heavy atom. The van der Waals surface area contributed by atoms with Crippen LogP contribution in [0.2, 0.25) is 10.0 Å². The van der Waals surface area contributed by atoms with Gasteiger partial charge in [0.1, 0.15) is 23.3 Å².